The van der Waals surface area contributed by atoms with Gasteiger partial charge >= 0.3 is 0 Å². The minimum Gasteiger partial charge on any atom is -0.391 e. The number of carbonyl (C=O) groups is 1. The van der Waals surface area contributed by atoms with Crippen molar-refractivity contribution in [3.05, 3.63) is 34.9 Å². The molecule has 4 rings (SSSR count). The van der Waals surface area contributed by atoms with E-state index in [1.807, 2.05) is 19.1 Å². The van der Waals surface area contributed by atoms with Crippen molar-refractivity contribution in [2.45, 2.75) is 38.2 Å². The van der Waals surface area contributed by atoms with E-state index in [0.717, 1.165) is 17.1 Å². The number of hydrogen-bond donors (Lipinski definition) is 3. The first-order valence-corrected chi connectivity index (χ1v) is 8.13. The van der Waals surface area contributed by atoms with Gasteiger partial charge in [-0.3, -0.25) is 15.0 Å². The maximum Gasteiger partial charge on any atom is 0.274 e. The minimum absolute atomic E-state index is 0.0171. The molecule has 1 aliphatic carbocycles. The van der Waals surface area contributed by atoms with Crippen LogP contribution >= 0.6 is 0 Å². The molecular weight excluding hydrogens is 294 g/mol. The Morgan fingerprint density at radius 2 is 2.13 bits per heavy atom. The molecule has 7 nitrogen and oxygen atoms in total. The van der Waals surface area contributed by atoms with Crippen LogP contribution in [0.4, 0.5) is 0 Å². The number of aryl methyl sites for hydroxylation is 1. The fourth-order valence-electron chi connectivity index (χ4n) is 3.28. The first kappa shape index (κ1) is 14.4. The van der Waals surface area contributed by atoms with Gasteiger partial charge in [0.2, 0.25) is 0 Å². The Morgan fingerprint density at radius 1 is 1.30 bits per heavy atom. The summed E-state index contributed by atoms with van der Waals surface area (Å²) in [6.45, 7) is 2.85. The predicted octanol–water partition coefficient (Wildman–Crippen LogP) is 0.994. The number of hydrogen-bond acceptors (Lipinski definition) is 4. The van der Waals surface area contributed by atoms with Gasteiger partial charge in [0.15, 0.2) is 0 Å². The Balaban J connectivity index is 1.42. The SMILES string of the molecule is Cc1cc(CC2CN(C(=O)c3cc(C4CC4)[nH]n3)CC2O)n[nH]1. The number of likely N-dealkylation sites (tertiary alicyclic amines) is 1. The number of H-pyrrole nitrogens is 2. The van der Waals surface area contributed by atoms with Crippen molar-refractivity contribution in [1.82, 2.24) is 25.3 Å². The van der Waals surface area contributed by atoms with E-state index < -0.39 is 6.10 Å². The van der Waals surface area contributed by atoms with E-state index in [-0.39, 0.29) is 11.8 Å². The van der Waals surface area contributed by atoms with Gasteiger partial charge in [-0.2, -0.15) is 10.2 Å². The first-order valence-electron chi connectivity index (χ1n) is 8.13. The predicted molar refractivity (Wildman–Crippen MR) is 83.0 cm³/mol. The minimum atomic E-state index is -0.516. The third-order valence-corrected chi connectivity index (χ3v) is 4.76. The van der Waals surface area contributed by atoms with Gasteiger partial charge in [0.25, 0.3) is 5.91 Å². The fourth-order valence-corrected chi connectivity index (χ4v) is 3.28. The highest BCUT2D eigenvalue weighted by atomic mass is 16.3. The molecule has 1 saturated heterocycles. The average molecular weight is 315 g/mol. The lowest BCUT2D eigenvalue weighted by molar-refractivity contribution is 0.0759. The second kappa shape index (κ2) is 5.49. The van der Waals surface area contributed by atoms with Crippen LogP contribution in [0.2, 0.25) is 0 Å². The zero-order valence-corrected chi connectivity index (χ0v) is 13.1. The summed E-state index contributed by atoms with van der Waals surface area (Å²) in [6, 6.07) is 3.84. The van der Waals surface area contributed by atoms with Gasteiger partial charge in [-0.1, -0.05) is 0 Å². The average Bonchev–Trinajstić information content (AvgIpc) is 2.94. The number of carbonyl (C=O) groups excluding carboxylic acids is 1. The third kappa shape index (κ3) is 2.88. The molecule has 3 heterocycles. The number of aliphatic hydroxyl groups is 1. The molecule has 1 saturated carbocycles. The molecule has 0 radical (unpaired) electrons. The maximum atomic E-state index is 12.6. The van der Waals surface area contributed by atoms with E-state index in [2.05, 4.69) is 20.4 Å². The van der Waals surface area contributed by atoms with Gasteiger partial charge in [-0.25, -0.2) is 0 Å². The zero-order valence-electron chi connectivity index (χ0n) is 13.1. The maximum absolute atomic E-state index is 12.6. The van der Waals surface area contributed by atoms with Crippen molar-refractivity contribution in [3.63, 3.8) is 0 Å². The Kier molecular flexibility index (Phi) is 3.45. The zero-order chi connectivity index (χ0) is 16.0. The number of β-amino-alcohol motifs (C(OH)–C–C–N with tert-alkyl or cyclic N) is 1. The number of amides is 1. The molecule has 1 amide bonds. The van der Waals surface area contributed by atoms with Gasteiger partial charge in [-0.05, 0) is 38.3 Å². The smallest absolute Gasteiger partial charge is 0.274 e. The molecule has 2 fully saturated rings. The van der Waals surface area contributed by atoms with Gasteiger partial charge in [0.05, 0.1) is 11.8 Å². The molecule has 2 unspecified atom stereocenters. The van der Waals surface area contributed by atoms with Crippen molar-refractivity contribution >= 4 is 5.91 Å². The Bertz CT molecular complexity index is 718. The first-order chi connectivity index (χ1) is 11.1. The van der Waals surface area contributed by atoms with Crippen LogP contribution in [0.1, 0.15) is 46.3 Å². The van der Waals surface area contributed by atoms with Gasteiger partial charge < -0.3 is 10.0 Å². The molecule has 122 valence electrons. The van der Waals surface area contributed by atoms with E-state index in [9.17, 15) is 9.90 Å². The van der Waals surface area contributed by atoms with Crippen molar-refractivity contribution < 1.29 is 9.90 Å². The normalized spacial score (nSPS) is 24.3. The molecule has 2 aliphatic rings. The van der Waals surface area contributed by atoms with E-state index in [0.29, 0.717) is 31.1 Å². The van der Waals surface area contributed by atoms with Gasteiger partial charge in [-0.15, -0.1) is 0 Å². The summed E-state index contributed by atoms with van der Waals surface area (Å²) in [5.41, 5.74) is 3.44. The van der Waals surface area contributed by atoms with E-state index in [1.54, 1.807) is 4.90 Å². The van der Waals surface area contributed by atoms with Crippen molar-refractivity contribution in [1.29, 1.82) is 0 Å². The monoisotopic (exact) mass is 315 g/mol. The van der Waals surface area contributed by atoms with Crippen LogP contribution in [0.5, 0.6) is 0 Å². The highest BCUT2D eigenvalue weighted by Crippen LogP contribution is 2.39. The van der Waals surface area contributed by atoms with Crippen LogP contribution in [-0.2, 0) is 6.42 Å². The molecule has 0 spiro atoms. The summed E-state index contributed by atoms with van der Waals surface area (Å²) in [5.74, 6) is 0.459. The lowest BCUT2D eigenvalue weighted by Gasteiger charge is -2.14. The second-order valence-electron chi connectivity index (χ2n) is 6.77. The lowest BCUT2D eigenvalue weighted by Crippen LogP contribution is -2.29. The lowest BCUT2D eigenvalue weighted by atomic mass is 10.0. The number of aromatic amines is 2. The van der Waals surface area contributed by atoms with Gasteiger partial charge in [0.1, 0.15) is 5.69 Å². The molecule has 0 aromatic carbocycles. The summed E-state index contributed by atoms with van der Waals surface area (Å²) in [4.78, 5) is 14.3. The van der Waals surface area contributed by atoms with Crippen molar-refractivity contribution in [3.8, 4) is 0 Å². The van der Waals surface area contributed by atoms with Crippen LogP contribution in [0.15, 0.2) is 12.1 Å². The van der Waals surface area contributed by atoms with Crippen LogP contribution in [-0.4, -0.2) is 55.5 Å². The van der Waals surface area contributed by atoms with Crippen LogP contribution < -0.4 is 0 Å². The second-order valence-corrected chi connectivity index (χ2v) is 6.77. The number of nitrogens with zero attached hydrogens (tertiary/aromatic N) is 3. The van der Waals surface area contributed by atoms with E-state index in [1.165, 1.54) is 12.8 Å². The molecule has 2 aromatic rings. The molecule has 1 aliphatic heterocycles. The number of aliphatic hydroxyl groups excluding tert-OH is 1. The van der Waals surface area contributed by atoms with Gasteiger partial charge in [0, 0.05) is 36.3 Å². The molecule has 7 heteroatoms. The number of aromatic nitrogens is 4. The topological polar surface area (TPSA) is 97.9 Å². The van der Waals surface area contributed by atoms with Crippen molar-refractivity contribution in [2.75, 3.05) is 13.1 Å². The largest absolute Gasteiger partial charge is 0.391 e. The van der Waals surface area contributed by atoms with E-state index >= 15 is 0 Å². The summed E-state index contributed by atoms with van der Waals surface area (Å²) in [6.07, 6.45) is 2.49. The summed E-state index contributed by atoms with van der Waals surface area (Å²) in [7, 11) is 0. The summed E-state index contributed by atoms with van der Waals surface area (Å²) < 4.78 is 0. The molecule has 3 N–H and O–H groups in total. The van der Waals surface area contributed by atoms with Crippen molar-refractivity contribution in [2.24, 2.45) is 5.92 Å². The molecule has 2 aromatic heterocycles. The summed E-state index contributed by atoms with van der Waals surface area (Å²) >= 11 is 0. The molecular formula is C16H21N5O2. The highest BCUT2D eigenvalue weighted by Gasteiger charge is 2.36. The van der Waals surface area contributed by atoms with Crippen LogP contribution in [0, 0.1) is 12.8 Å². The quantitative estimate of drug-likeness (QED) is 0.784. The Labute approximate surface area is 134 Å². The third-order valence-electron chi connectivity index (χ3n) is 4.76. The standard InChI is InChI=1S/C16H21N5O2/c1-9-4-12(18-17-9)5-11-7-21(8-15(11)22)16(23)14-6-13(19-20-14)10-2-3-10/h4,6,10-11,15,22H,2-3,5,7-8H2,1H3,(H,17,18)(H,19,20). The fraction of sp³-hybridized carbons (Fsp3) is 0.562. The highest BCUT2D eigenvalue weighted by molar-refractivity contribution is 5.92. The van der Waals surface area contributed by atoms with Crippen LogP contribution in [0.3, 0.4) is 0 Å². The molecule has 23 heavy (non-hydrogen) atoms. The Morgan fingerprint density at radius 3 is 2.83 bits per heavy atom. The number of nitrogens with one attached hydrogen (secondary N) is 2. The number of rotatable bonds is 4. The molecule has 2 atom stereocenters. The van der Waals surface area contributed by atoms with E-state index in [4.69, 9.17) is 0 Å². The molecule has 0 bridgehead atoms. The Hall–Kier alpha value is -2.15. The van der Waals surface area contributed by atoms with Crippen LogP contribution in [0.25, 0.3) is 0 Å². The summed E-state index contributed by atoms with van der Waals surface area (Å²) in [5, 5.41) is 24.5.